The molecule has 0 aliphatic heterocycles. The number of halogens is 3. The summed E-state index contributed by atoms with van der Waals surface area (Å²) in [5.41, 5.74) is 5.55. The molecule has 0 unspecified atom stereocenters. The van der Waals surface area contributed by atoms with Crippen molar-refractivity contribution in [3.05, 3.63) is 18.3 Å². The van der Waals surface area contributed by atoms with Gasteiger partial charge in [-0.2, -0.15) is 13.2 Å². The largest absolute Gasteiger partial charge is 0.405 e. The topological polar surface area (TPSA) is 50.9 Å². The smallest absolute Gasteiger partial charge is 0.384 e. The third kappa shape index (κ3) is 3.64. The Morgan fingerprint density at radius 2 is 2.08 bits per heavy atom. The molecule has 0 amide bonds. The average Bonchev–Trinajstić information content (AvgIpc) is 2.02. The first-order valence-electron chi connectivity index (χ1n) is 3.49. The van der Waals surface area contributed by atoms with Crippen LogP contribution in [-0.4, -0.2) is 17.7 Å². The fraction of sp³-hybridized carbons (Fsp3) is 0.286. The number of rotatable bonds is 2. The van der Waals surface area contributed by atoms with Crippen molar-refractivity contribution < 1.29 is 13.2 Å². The molecule has 1 aromatic heterocycles. The molecule has 0 aliphatic carbocycles. The van der Waals surface area contributed by atoms with E-state index in [4.69, 9.17) is 5.73 Å². The molecule has 0 aromatic carbocycles. The summed E-state index contributed by atoms with van der Waals surface area (Å²) in [6, 6.07) is 2.87. The Kier molecular flexibility index (Phi) is 2.60. The van der Waals surface area contributed by atoms with Crippen LogP contribution in [0, 0.1) is 0 Å². The van der Waals surface area contributed by atoms with Gasteiger partial charge in [-0.3, -0.25) is 0 Å². The van der Waals surface area contributed by atoms with Gasteiger partial charge < -0.3 is 11.1 Å². The highest BCUT2D eigenvalue weighted by Gasteiger charge is 2.26. The SMILES string of the molecule is Nc1ccc(NCC(F)(F)F)cn1. The molecular weight excluding hydrogens is 183 g/mol. The number of alkyl halides is 3. The van der Waals surface area contributed by atoms with E-state index in [9.17, 15) is 13.2 Å². The molecule has 1 rings (SSSR count). The summed E-state index contributed by atoms with van der Waals surface area (Å²) in [6.45, 7) is -1.07. The molecule has 0 aliphatic rings. The van der Waals surface area contributed by atoms with Crippen molar-refractivity contribution in [3.8, 4) is 0 Å². The first-order chi connectivity index (χ1) is 5.97. The van der Waals surface area contributed by atoms with Crippen LogP contribution in [0.25, 0.3) is 0 Å². The van der Waals surface area contributed by atoms with Crippen molar-refractivity contribution in [2.45, 2.75) is 6.18 Å². The molecule has 0 saturated heterocycles. The maximum atomic E-state index is 11.7. The van der Waals surface area contributed by atoms with E-state index in [-0.39, 0.29) is 5.82 Å². The summed E-state index contributed by atoms with van der Waals surface area (Å²) < 4.78 is 35.1. The third-order valence-electron chi connectivity index (χ3n) is 1.28. The van der Waals surface area contributed by atoms with Crippen LogP contribution in [-0.2, 0) is 0 Å². The highest BCUT2D eigenvalue weighted by atomic mass is 19.4. The zero-order chi connectivity index (χ0) is 9.90. The van der Waals surface area contributed by atoms with Gasteiger partial charge in [0.2, 0.25) is 0 Å². The van der Waals surface area contributed by atoms with E-state index < -0.39 is 12.7 Å². The van der Waals surface area contributed by atoms with Gasteiger partial charge in [-0.1, -0.05) is 0 Å². The van der Waals surface area contributed by atoms with Gasteiger partial charge in [-0.05, 0) is 12.1 Å². The van der Waals surface area contributed by atoms with Crippen molar-refractivity contribution >= 4 is 11.5 Å². The van der Waals surface area contributed by atoms with Crippen LogP contribution < -0.4 is 11.1 Å². The Bertz CT molecular complexity index is 267. The second-order valence-corrected chi connectivity index (χ2v) is 2.44. The lowest BCUT2D eigenvalue weighted by Gasteiger charge is -2.08. The van der Waals surface area contributed by atoms with Crippen LogP contribution in [0.3, 0.4) is 0 Å². The fourth-order valence-electron chi connectivity index (χ4n) is 0.712. The van der Waals surface area contributed by atoms with Gasteiger partial charge in [-0.15, -0.1) is 0 Å². The van der Waals surface area contributed by atoms with Gasteiger partial charge in [0.15, 0.2) is 0 Å². The number of nitrogens with one attached hydrogen (secondary N) is 1. The zero-order valence-corrected chi connectivity index (χ0v) is 6.60. The van der Waals surface area contributed by atoms with Crippen molar-refractivity contribution in [1.29, 1.82) is 0 Å². The normalized spacial score (nSPS) is 11.3. The molecule has 0 radical (unpaired) electrons. The number of hydrogen-bond acceptors (Lipinski definition) is 3. The lowest BCUT2D eigenvalue weighted by Crippen LogP contribution is -2.21. The molecule has 6 heteroatoms. The third-order valence-corrected chi connectivity index (χ3v) is 1.28. The number of nitrogen functional groups attached to an aromatic ring is 1. The van der Waals surface area contributed by atoms with Crippen LogP contribution in [0.4, 0.5) is 24.7 Å². The molecule has 0 bridgehead atoms. The highest BCUT2D eigenvalue weighted by Crippen LogP contribution is 2.16. The summed E-state index contributed by atoms with van der Waals surface area (Å²) in [5.74, 6) is 0.276. The Morgan fingerprint density at radius 1 is 1.38 bits per heavy atom. The number of pyridine rings is 1. The summed E-state index contributed by atoms with van der Waals surface area (Å²) in [6.07, 6.45) is -2.97. The van der Waals surface area contributed by atoms with E-state index in [2.05, 4.69) is 10.3 Å². The minimum atomic E-state index is -4.22. The number of anilines is 2. The lowest BCUT2D eigenvalue weighted by molar-refractivity contribution is -0.115. The van der Waals surface area contributed by atoms with Crippen LogP contribution >= 0.6 is 0 Å². The summed E-state index contributed by atoms with van der Waals surface area (Å²) in [4.78, 5) is 3.63. The first kappa shape index (κ1) is 9.63. The summed E-state index contributed by atoms with van der Waals surface area (Å²) in [5, 5.41) is 2.17. The Balaban J connectivity index is 2.51. The Hall–Kier alpha value is -1.46. The number of nitrogens with zero attached hydrogens (tertiary/aromatic N) is 1. The van der Waals surface area contributed by atoms with Crippen molar-refractivity contribution in [1.82, 2.24) is 4.98 Å². The van der Waals surface area contributed by atoms with E-state index in [1.807, 2.05) is 0 Å². The van der Waals surface area contributed by atoms with Gasteiger partial charge in [0, 0.05) is 0 Å². The standard InChI is InChI=1S/C7H8F3N3/c8-7(9,10)4-13-5-1-2-6(11)12-3-5/h1-3,13H,4H2,(H2,11,12). The predicted octanol–water partition coefficient (Wildman–Crippen LogP) is 1.64. The van der Waals surface area contributed by atoms with Gasteiger partial charge in [0.1, 0.15) is 12.4 Å². The minimum absolute atomic E-state index is 0.276. The molecular formula is C7H8F3N3. The van der Waals surface area contributed by atoms with Gasteiger partial charge >= 0.3 is 6.18 Å². The number of aromatic nitrogens is 1. The molecule has 1 heterocycles. The quantitative estimate of drug-likeness (QED) is 0.747. The van der Waals surface area contributed by atoms with Gasteiger partial charge in [-0.25, -0.2) is 4.98 Å². The molecule has 0 fully saturated rings. The molecule has 72 valence electrons. The fourth-order valence-corrected chi connectivity index (χ4v) is 0.712. The summed E-state index contributed by atoms with van der Waals surface area (Å²) >= 11 is 0. The summed E-state index contributed by atoms with van der Waals surface area (Å²) in [7, 11) is 0. The second-order valence-electron chi connectivity index (χ2n) is 2.44. The first-order valence-corrected chi connectivity index (χ1v) is 3.49. The highest BCUT2D eigenvalue weighted by molar-refractivity contribution is 5.45. The van der Waals surface area contributed by atoms with Gasteiger partial charge in [0.05, 0.1) is 11.9 Å². The molecule has 13 heavy (non-hydrogen) atoms. The van der Waals surface area contributed by atoms with E-state index >= 15 is 0 Å². The maximum absolute atomic E-state index is 11.7. The van der Waals surface area contributed by atoms with Crippen LogP contribution in [0.5, 0.6) is 0 Å². The second kappa shape index (κ2) is 3.51. The van der Waals surface area contributed by atoms with Crippen molar-refractivity contribution in [2.24, 2.45) is 0 Å². The van der Waals surface area contributed by atoms with Crippen LogP contribution in [0.1, 0.15) is 0 Å². The van der Waals surface area contributed by atoms with E-state index in [1.54, 1.807) is 0 Å². The van der Waals surface area contributed by atoms with E-state index in [0.29, 0.717) is 5.69 Å². The molecule has 0 atom stereocenters. The molecule has 0 spiro atoms. The van der Waals surface area contributed by atoms with E-state index in [1.165, 1.54) is 18.3 Å². The molecule has 1 aromatic rings. The Morgan fingerprint density at radius 3 is 2.54 bits per heavy atom. The molecule has 3 N–H and O–H groups in total. The van der Waals surface area contributed by atoms with Gasteiger partial charge in [0.25, 0.3) is 0 Å². The number of nitrogens with two attached hydrogens (primary N) is 1. The van der Waals surface area contributed by atoms with Crippen LogP contribution in [0.15, 0.2) is 18.3 Å². The Labute approximate surface area is 72.8 Å². The average molecular weight is 191 g/mol. The zero-order valence-electron chi connectivity index (χ0n) is 6.60. The molecule has 0 saturated carbocycles. The minimum Gasteiger partial charge on any atom is -0.384 e. The lowest BCUT2D eigenvalue weighted by atomic mass is 10.4. The van der Waals surface area contributed by atoms with E-state index in [0.717, 1.165) is 0 Å². The predicted molar refractivity (Wildman–Crippen MR) is 43.2 cm³/mol. The van der Waals surface area contributed by atoms with Crippen molar-refractivity contribution in [3.63, 3.8) is 0 Å². The molecule has 3 nitrogen and oxygen atoms in total. The van der Waals surface area contributed by atoms with Crippen LogP contribution in [0.2, 0.25) is 0 Å². The van der Waals surface area contributed by atoms with Crippen molar-refractivity contribution in [2.75, 3.05) is 17.6 Å². The number of hydrogen-bond donors (Lipinski definition) is 2. The maximum Gasteiger partial charge on any atom is 0.405 e. The monoisotopic (exact) mass is 191 g/mol.